The van der Waals surface area contributed by atoms with E-state index in [2.05, 4.69) is 50.2 Å². The molecular weight excluding hydrogens is 374 g/mol. The summed E-state index contributed by atoms with van der Waals surface area (Å²) < 4.78 is 8.92. The van der Waals surface area contributed by atoms with E-state index in [0.717, 1.165) is 57.4 Å². The lowest BCUT2D eigenvalue weighted by molar-refractivity contribution is 0.126. The van der Waals surface area contributed by atoms with Crippen molar-refractivity contribution in [2.75, 3.05) is 12.4 Å². The molecule has 2 aromatic heterocycles. The van der Waals surface area contributed by atoms with Crippen molar-refractivity contribution in [2.24, 2.45) is 0 Å². The van der Waals surface area contributed by atoms with Crippen molar-refractivity contribution >= 4 is 50.5 Å². The molecule has 0 atom stereocenters. The van der Waals surface area contributed by atoms with E-state index in [1.54, 1.807) is 0 Å². The third kappa shape index (κ3) is 3.54. The lowest BCUT2D eigenvalue weighted by atomic mass is 10.2. The number of pyridine rings is 1. The van der Waals surface area contributed by atoms with Crippen LogP contribution in [0.5, 0.6) is 0 Å². The Kier molecular flexibility index (Phi) is 5.56. The van der Waals surface area contributed by atoms with E-state index in [4.69, 9.17) is 9.72 Å². The van der Waals surface area contributed by atoms with Crippen LogP contribution in [0.15, 0.2) is 28.9 Å². The minimum atomic E-state index is 0.532. The zero-order chi connectivity index (χ0) is 16.2. The van der Waals surface area contributed by atoms with Gasteiger partial charge in [0.15, 0.2) is 0 Å². The van der Waals surface area contributed by atoms with Crippen LogP contribution in [0.2, 0.25) is 0 Å². The number of aryl methyl sites for hydroxylation is 1. The molecule has 3 rings (SSSR count). The highest BCUT2D eigenvalue weighted by molar-refractivity contribution is 9.10. The van der Waals surface area contributed by atoms with Crippen LogP contribution in [0.25, 0.3) is 21.9 Å². The highest BCUT2D eigenvalue weighted by Gasteiger charge is 2.14. The zero-order valence-electron chi connectivity index (χ0n) is 13.1. The number of thiol groups is 1. The second-order valence-electron chi connectivity index (χ2n) is 5.40. The second-order valence-corrected chi connectivity index (χ2v) is 6.76. The molecule has 122 valence electrons. The molecule has 3 aromatic rings. The SMILES string of the molecule is CCOCc1nc2cnc3cc(Br)ccc3c2n1CCCCS. The second kappa shape index (κ2) is 7.64. The molecule has 0 saturated heterocycles. The predicted molar refractivity (Wildman–Crippen MR) is 101 cm³/mol. The first-order chi connectivity index (χ1) is 11.2. The number of hydrogen-bond donors (Lipinski definition) is 1. The Morgan fingerprint density at radius 2 is 2.13 bits per heavy atom. The summed E-state index contributed by atoms with van der Waals surface area (Å²) in [5, 5.41) is 1.13. The average Bonchev–Trinajstić information content (AvgIpc) is 2.91. The summed E-state index contributed by atoms with van der Waals surface area (Å²) in [6, 6.07) is 6.20. The van der Waals surface area contributed by atoms with Crippen LogP contribution in [0, 0.1) is 0 Å². The molecule has 0 unspecified atom stereocenters. The van der Waals surface area contributed by atoms with Gasteiger partial charge in [-0.3, -0.25) is 4.98 Å². The number of ether oxygens (including phenoxy) is 1. The van der Waals surface area contributed by atoms with Gasteiger partial charge in [0.1, 0.15) is 17.9 Å². The van der Waals surface area contributed by atoms with Gasteiger partial charge in [0, 0.05) is 23.0 Å². The van der Waals surface area contributed by atoms with Gasteiger partial charge in [-0.05, 0) is 43.7 Å². The number of benzene rings is 1. The topological polar surface area (TPSA) is 39.9 Å². The molecule has 0 aliphatic rings. The van der Waals surface area contributed by atoms with Crippen molar-refractivity contribution < 1.29 is 4.74 Å². The van der Waals surface area contributed by atoms with E-state index in [0.29, 0.717) is 13.2 Å². The van der Waals surface area contributed by atoms with Crippen LogP contribution in [-0.4, -0.2) is 26.9 Å². The number of hydrogen-bond acceptors (Lipinski definition) is 4. The average molecular weight is 394 g/mol. The summed E-state index contributed by atoms with van der Waals surface area (Å²) in [6.45, 7) is 4.15. The molecular formula is C17H20BrN3OS. The third-order valence-corrected chi connectivity index (χ3v) is 4.65. The maximum Gasteiger partial charge on any atom is 0.136 e. The number of imidazole rings is 1. The maximum atomic E-state index is 5.60. The van der Waals surface area contributed by atoms with Crippen LogP contribution in [0.4, 0.5) is 0 Å². The highest BCUT2D eigenvalue weighted by Crippen LogP contribution is 2.27. The molecule has 0 amide bonds. The van der Waals surface area contributed by atoms with Gasteiger partial charge in [-0.1, -0.05) is 15.9 Å². The molecule has 2 heterocycles. The minimum absolute atomic E-state index is 0.532. The summed E-state index contributed by atoms with van der Waals surface area (Å²) in [4.78, 5) is 9.29. The normalized spacial score (nSPS) is 11.6. The van der Waals surface area contributed by atoms with Crippen LogP contribution in [-0.2, 0) is 17.9 Å². The first-order valence-corrected chi connectivity index (χ1v) is 9.29. The number of rotatable bonds is 7. The first-order valence-electron chi connectivity index (χ1n) is 7.86. The van der Waals surface area contributed by atoms with Crippen molar-refractivity contribution in [3.63, 3.8) is 0 Å². The fraction of sp³-hybridized carbons (Fsp3) is 0.412. The van der Waals surface area contributed by atoms with E-state index in [1.807, 2.05) is 19.2 Å². The Hall–Kier alpha value is -1.11. The van der Waals surface area contributed by atoms with Crippen molar-refractivity contribution in [1.82, 2.24) is 14.5 Å². The third-order valence-electron chi connectivity index (χ3n) is 3.84. The Morgan fingerprint density at radius 1 is 1.26 bits per heavy atom. The quantitative estimate of drug-likeness (QED) is 0.471. The van der Waals surface area contributed by atoms with Crippen molar-refractivity contribution in [1.29, 1.82) is 0 Å². The van der Waals surface area contributed by atoms with Crippen molar-refractivity contribution in [3.8, 4) is 0 Å². The first kappa shape index (κ1) is 16.7. The number of unbranched alkanes of at least 4 members (excludes halogenated alkanes) is 1. The lowest BCUT2D eigenvalue weighted by Gasteiger charge is -2.10. The van der Waals surface area contributed by atoms with Gasteiger partial charge in [0.05, 0.1) is 17.2 Å². The minimum Gasteiger partial charge on any atom is -0.374 e. The zero-order valence-corrected chi connectivity index (χ0v) is 15.6. The molecule has 6 heteroatoms. The molecule has 0 saturated carbocycles. The smallest absolute Gasteiger partial charge is 0.136 e. The summed E-state index contributed by atoms with van der Waals surface area (Å²) in [5.41, 5.74) is 3.06. The molecule has 0 fully saturated rings. The Bertz CT molecular complexity index is 818. The fourth-order valence-corrected chi connectivity index (χ4v) is 3.33. The summed E-state index contributed by atoms with van der Waals surface area (Å²) in [6.07, 6.45) is 4.02. The molecule has 0 aliphatic heterocycles. The van der Waals surface area contributed by atoms with E-state index in [1.165, 1.54) is 0 Å². The van der Waals surface area contributed by atoms with Gasteiger partial charge in [-0.25, -0.2) is 4.98 Å². The largest absolute Gasteiger partial charge is 0.374 e. The monoisotopic (exact) mass is 393 g/mol. The molecule has 1 aromatic carbocycles. The van der Waals surface area contributed by atoms with Gasteiger partial charge >= 0.3 is 0 Å². The van der Waals surface area contributed by atoms with Gasteiger partial charge in [-0.15, -0.1) is 0 Å². The van der Waals surface area contributed by atoms with Crippen LogP contribution in [0.1, 0.15) is 25.6 Å². The van der Waals surface area contributed by atoms with Crippen LogP contribution >= 0.6 is 28.6 Å². The molecule has 4 nitrogen and oxygen atoms in total. The van der Waals surface area contributed by atoms with Crippen LogP contribution in [0.3, 0.4) is 0 Å². The maximum absolute atomic E-state index is 5.60. The Morgan fingerprint density at radius 3 is 2.91 bits per heavy atom. The van der Waals surface area contributed by atoms with Crippen molar-refractivity contribution in [3.05, 3.63) is 34.7 Å². The summed E-state index contributed by atoms with van der Waals surface area (Å²) >= 11 is 7.83. The number of nitrogens with zero attached hydrogens (tertiary/aromatic N) is 3. The fourth-order valence-electron chi connectivity index (χ4n) is 2.76. The van der Waals surface area contributed by atoms with E-state index in [9.17, 15) is 0 Å². The lowest BCUT2D eigenvalue weighted by Crippen LogP contribution is -2.06. The molecule has 23 heavy (non-hydrogen) atoms. The van der Waals surface area contributed by atoms with E-state index in [-0.39, 0.29) is 0 Å². The number of aromatic nitrogens is 3. The predicted octanol–water partition coefficient (Wildman–Crippen LogP) is 4.59. The Balaban J connectivity index is 2.14. The highest BCUT2D eigenvalue weighted by atomic mass is 79.9. The molecule has 0 aliphatic carbocycles. The van der Waals surface area contributed by atoms with E-state index < -0.39 is 0 Å². The number of halogens is 1. The summed E-state index contributed by atoms with van der Waals surface area (Å²) in [7, 11) is 0. The standard InChI is InChI=1S/C17H20BrN3OS/c1-2-22-11-16-20-15-10-19-14-9-12(18)5-6-13(14)17(15)21(16)7-3-4-8-23/h5-6,9-10,23H,2-4,7-8,11H2,1H3. The number of fused-ring (bicyclic) bond motifs is 3. The Labute approximate surface area is 149 Å². The molecule has 0 N–H and O–H groups in total. The van der Waals surface area contributed by atoms with E-state index >= 15 is 0 Å². The summed E-state index contributed by atoms with van der Waals surface area (Å²) in [5.74, 6) is 1.88. The van der Waals surface area contributed by atoms with Gasteiger partial charge < -0.3 is 9.30 Å². The van der Waals surface area contributed by atoms with Gasteiger partial charge in [-0.2, -0.15) is 12.6 Å². The van der Waals surface area contributed by atoms with Crippen LogP contribution < -0.4 is 0 Å². The molecule has 0 spiro atoms. The van der Waals surface area contributed by atoms with Gasteiger partial charge in [0.2, 0.25) is 0 Å². The van der Waals surface area contributed by atoms with Gasteiger partial charge in [0.25, 0.3) is 0 Å². The molecule has 0 bridgehead atoms. The van der Waals surface area contributed by atoms with Crippen molar-refractivity contribution in [2.45, 2.75) is 32.9 Å². The molecule has 0 radical (unpaired) electrons.